The van der Waals surface area contributed by atoms with E-state index in [1.54, 1.807) is 20.8 Å². The number of esters is 1. The number of carbonyl (C=O) groups is 2. The number of nitrogens with one attached hydrogen (secondary N) is 1. The van der Waals surface area contributed by atoms with Gasteiger partial charge in [0.1, 0.15) is 5.75 Å². The Morgan fingerprint density at radius 1 is 1.05 bits per heavy atom. The van der Waals surface area contributed by atoms with Gasteiger partial charge in [-0.15, -0.1) is 0 Å². The van der Waals surface area contributed by atoms with Crippen LogP contribution in [0.1, 0.15) is 66.5 Å². The van der Waals surface area contributed by atoms with Crippen LogP contribution in [0.5, 0.6) is 5.75 Å². The monoisotopic (exact) mass is 638 g/mol. The van der Waals surface area contributed by atoms with E-state index in [0.29, 0.717) is 17.9 Å². The van der Waals surface area contributed by atoms with E-state index in [4.69, 9.17) is 9.47 Å². The van der Waals surface area contributed by atoms with Crippen LogP contribution in [-0.2, 0) is 23.0 Å². The summed E-state index contributed by atoms with van der Waals surface area (Å²) in [5.74, 6) is 0.129. The Hall–Kier alpha value is -3.33. The molecule has 3 aromatic carbocycles. The van der Waals surface area contributed by atoms with E-state index in [0.717, 1.165) is 37.7 Å². The van der Waals surface area contributed by atoms with Crippen molar-refractivity contribution in [2.24, 2.45) is 7.05 Å². The Morgan fingerprint density at radius 3 is 2.44 bits per heavy atom. The van der Waals surface area contributed by atoms with Crippen LogP contribution in [0.4, 0.5) is 0 Å². The van der Waals surface area contributed by atoms with Crippen LogP contribution in [0.3, 0.4) is 0 Å². The summed E-state index contributed by atoms with van der Waals surface area (Å²) < 4.78 is 14.3. The fourth-order valence-corrected chi connectivity index (χ4v) is 5.23. The van der Waals surface area contributed by atoms with Gasteiger partial charge in [-0.05, 0) is 117 Å². The third kappa shape index (κ3) is 6.46. The summed E-state index contributed by atoms with van der Waals surface area (Å²) in [5, 5.41) is 4.25. The van der Waals surface area contributed by atoms with Gasteiger partial charge in [0.2, 0.25) is 0 Å². The molecule has 0 saturated heterocycles. The zero-order chi connectivity index (χ0) is 28.3. The third-order valence-electron chi connectivity index (χ3n) is 7.03. The molecule has 1 amide bonds. The lowest BCUT2D eigenvalue weighted by Crippen LogP contribution is -2.39. The molecule has 204 valence electrons. The van der Waals surface area contributed by atoms with Gasteiger partial charge in [-0.1, -0.05) is 30.3 Å². The van der Waals surface area contributed by atoms with Crippen LogP contribution >= 0.6 is 22.6 Å². The Labute approximate surface area is 243 Å². The highest BCUT2D eigenvalue weighted by molar-refractivity contribution is 14.1. The van der Waals surface area contributed by atoms with Gasteiger partial charge in [-0.25, -0.2) is 4.79 Å². The highest BCUT2D eigenvalue weighted by atomic mass is 127. The van der Waals surface area contributed by atoms with E-state index >= 15 is 0 Å². The molecule has 0 radical (unpaired) electrons. The SMILES string of the molecule is CCOC(=O)C(C)(C)Oc1ccc(Cc2c(C)n(C)c3cc(C(=O)N[C@@H](C)c4cccc(I)c4)ccc23)cc1. The van der Waals surface area contributed by atoms with Crippen molar-refractivity contribution in [3.8, 4) is 5.75 Å². The van der Waals surface area contributed by atoms with Crippen molar-refractivity contribution in [3.63, 3.8) is 0 Å². The zero-order valence-corrected chi connectivity index (χ0v) is 25.5. The molecule has 0 saturated carbocycles. The van der Waals surface area contributed by atoms with Gasteiger partial charge >= 0.3 is 5.97 Å². The van der Waals surface area contributed by atoms with Crippen molar-refractivity contribution in [2.45, 2.75) is 52.7 Å². The number of halogens is 1. The summed E-state index contributed by atoms with van der Waals surface area (Å²) in [6, 6.07) is 21.8. The Bertz CT molecular complexity index is 1500. The summed E-state index contributed by atoms with van der Waals surface area (Å²) in [6.07, 6.45) is 0.736. The minimum atomic E-state index is -1.06. The second-order valence-corrected chi connectivity index (χ2v) is 11.5. The number of carbonyl (C=O) groups excluding carboxylic acids is 2. The molecule has 4 rings (SSSR count). The zero-order valence-electron chi connectivity index (χ0n) is 23.3. The quantitative estimate of drug-likeness (QED) is 0.160. The molecule has 0 spiro atoms. The standard InChI is InChI=1S/C32H35IN2O4/c1-7-38-31(37)32(4,5)39-26-14-11-22(12-15-26)17-28-21(3)35(6)29-19-24(13-16-27(28)29)30(36)34-20(2)23-9-8-10-25(33)18-23/h8-16,18-20H,7,17H2,1-6H3,(H,34,36)/t20-/m0/s1. The van der Waals surface area contributed by atoms with Gasteiger partial charge < -0.3 is 19.4 Å². The van der Waals surface area contributed by atoms with Crippen LogP contribution in [0.25, 0.3) is 10.9 Å². The summed E-state index contributed by atoms with van der Waals surface area (Å²) in [4.78, 5) is 25.3. The van der Waals surface area contributed by atoms with Crippen LogP contribution in [-0.4, -0.2) is 28.7 Å². The molecule has 0 bridgehead atoms. The maximum absolute atomic E-state index is 13.1. The molecule has 1 N–H and O–H groups in total. The number of hydrogen-bond donors (Lipinski definition) is 1. The van der Waals surface area contributed by atoms with Gasteiger partial charge in [0.25, 0.3) is 5.91 Å². The van der Waals surface area contributed by atoms with E-state index < -0.39 is 11.6 Å². The van der Waals surface area contributed by atoms with Gasteiger partial charge in [0, 0.05) is 32.8 Å². The summed E-state index contributed by atoms with van der Waals surface area (Å²) in [7, 11) is 2.03. The molecule has 0 aliphatic heterocycles. The van der Waals surface area contributed by atoms with Crippen molar-refractivity contribution in [2.75, 3.05) is 6.61 Å². The Balaban J connectivity index is 1.51. The smallest absolute Gasteiger partial charge is 0.349 e. The van der Waals surface area contributed by atoms with E-state index in [2.05, 4.69) is 45.5 Å². The molecule has 39 heavy (non-hydrogen) atoms. The maximum atomic E-state index is 13.1. The highest BCUT2D eigenvalue weighted by Crippen LogP contribution is 2.29. The first-order valence-corrected chi connectivity index (χ1v) is 14.2. The number of benzene rings is 3. The number of hydrogen-bond acceptors (Lipinski definition) is 4. The lowest BCUT2D eigenvalue weighted by molar-refractivity contribution is -0.158. The van der Waals surface area contributed by atoms with Crippen molar-refractivity contribution in [3.05, 3.63) is 98.2 Å². The van der Waals surface area contributed by atoms with E-state index in [-0.39, 0.29) is 11.9 Å². The molecular formula is C32H35IN2O4. The maximum Gasteiger partial charge on any atom is 0.349 e. The summed E-state index contributed by atoms with van der Waals surface area (Å²) in [6.45, 7) is 9.61. The second-order valence-electron chi connectivity index (χ2n) is 10.3. The number of ether oxygens (including phenoxy) is 2. The van der Waals surface area contributed by atoms with Crippen molar-refractivity contribution >= 4 is 45.4 Å². The molecule has 1 atom stereocenters. The lowest BCUT2D eigenvalue weighted by Gasteiger charge is -2.24. The van der Waals surface area contributed by atoms with Crippen molar-refractivity contribution in [1.82, 2.24) is 9.88 Å². The van der Waals surface area contributed by atoms with E-state index in [9.17, 15) is 9.59 Å². The number of aryl methyl sites for hydroxylation is 1. The molecule has 6 nitrogen and oxygen atoms in total. The van der Waals surface area contributed by atoms with Crippen LogP contribution in [0, 0.1) is 10.5 Å². The van der Waals surface area contributed by atoms with Crippen molar-refractivity contribution < 1.29 is 19.1 Å². The summed E-state index contributed by atoms with van der Waals surface area (Å²) in [5.41, 5.74) is 5.16. The number of fused-ring (bicyclic) bond motifs is 1. The molecule has 1 aromatic heterocycles. The normalized spacial score (nSPS) is 12.3. The summed E-state index contributed by atoms with van der Waals surface area (Å²) >= 11 is 2.28. The lowest BCUT2D eigenvalue weighted by atomic mass is 10.0. The highest BCUT2D eigenvalue weighted by Gasteiger charge is 2.31. The topological polar surface area (TPSA) is 69.6 Å². The molecule has 0 aliphatic rings. The van der Waals surface area contributed by atoms with Gasteiger partial charge in [0.15, 0.2) is 5.60 Å². The minimum Gasteiger partial charge on any atom is -0.476 e. The number of nitrogens with zero attached hydrogens (tertiary/aromatic N) is 1. The molecular weight excluding hydrogens is 603 g/mol. The predicted octanol–water partition coefficient (Wildman–Crippen LogP) is 6.89. The first kappa shape index (κ1) is 28.7. The first-order chi connectivity index (χ1) is 18.5. The minimum absolute atomic E-state index is 0.0926. The molecule has 0 aliphatic carbocycles. The third-order valence-corrected chi connectivity index (χ3v) is 7.70. The fraction of sp³-hybridized carbons (Fsp3) is 0.312. The molecule has 0 fully saturated rings. The van der Waals surface area contributed by atoms with E-state index in [1.165, 1.54) is 5.56 Å². The molecule has 0 unspecified atom stereocenters. The number of rotatable bonds is 9. The van der Waals surface area contributed by atoms with Crippen molar-refractivity contribution in [1.29, 1.82) is 0 Å². The Morgan fingerprint density at radius 2 is 1.77 bits per heavy atom. The predicted molar refractivity (Wildman–Crippen MR) is 163 cm³/mol. The number of amides is 1. The number of aromatic nitrogens is 1. The van der Waals surface area contributed by atoms with Gasteiger partial charge in [0.05, 0.1) is 12.6 Å². The Kier molecular flexibility index (Phi) is 8.69. The average molecular weight is 639 g/mol. The fourth-order valence-electron chi connectivity index (χ4n) is 4.67. The van der Waals surface area contributed by atoms with Crippen LogP contribution in [0.2, 0.25) is 0 Å². The van der Waals surface area contributed by atoms with Gasteiger partial charge in [-0.3, -0.25) is 4.79 Å². The first-order valence-electron chi connectivity index (χ1n) is 13.1. The average Bonchev–Trinajstić information content (AvgIpc) is 3.14. The second kappa shape index (κ2) is 11.8. The molecule has 7 heteroatoms. The molecule has 4 aromatic rings. The van der Waals surface area contributed by atoms with Crippen LogP contribution < -0.4 is 10.1 Å². The van der Waals surface area contributed by atoms with Gasteiger partial charge in [-0.2, -0.15) is 0 Å². The van der Waals surface area contributed by atoms with Crippen LogP contribution in [0.15, 0.2) is 66.7 Å². The largest absolute Gasteiger partial charge is 0.476 e. The van der Waals surface area contributed by atoms with E-state index in [1.807, 2.05) is 74.6 Å². The molecule has 1 heterocycles.